The van der Waals surface area contributed by atoms with Gasteiger partial charge in [0, 0.05) is 25.2 Å². The average molecular weight is 388 g/mol. The number of aliphatic carboxylic acids is 1. The Labute approximate surface area is 163 Å². The molecule has 150 valence electrons. The van der Waals surface area contributed by atoms with Gasteiger partial charge in [0.15, 0.2) is 5.76 Å². The smallest absolute Gasteiger partial charge is 0.317 e. The van der Waals surface area contributed by atoms with E-state index in [-0.39, 0.29) is 30.9 Å². The van der Waals surface area contributed by atoms with Crippen molar-refractivity contribution in [1.82, 2.24) is 9.80 Å². The van der Waals surface area contributed by atoms with Crippen molar-refractivity contribution >= 4 is 11.9 Å². The first-order chi connectivity index (χ1) is 13.5. The molecule has 8 nitrogen and oxygen atoms in total. The summed E-state index contributed by atoms with van der Waals surface area (Å²) in [5.41, 5.74) is 0.680. The standard InChI is InChI=1S/C20H24N2O6/c1-21(13-18(23)24)11-17-12-22(8-10-26-17)20(25)19-15(7-9-27-19)14-28-16-5-3-2-4-6-16/h2-7,9,17H,8,10-14H2,1H3,(H,23,24). The molecule has 2 aromatic rings. The van der Waals surface area contributed by atoms with Gasteiger partial charge >= 0.3 is 5.97 Å². The number of carboxylic acids is 1. The van der Waals surface area contributed by atoms with Crippen LogP contribution >= 0.6 is 0 Å². The third-order valence-electron chi connectivity index (χ3n) is 4.43. The lowest BCUT2D eigenvalue weighted by molar-refractivity contribution is -0.138. The Balaban J connectivity index is 1.59. The summed E-state index contributed by atoms with van der Waals surface area (Å²) < 4.78 is 16.8. The second kappa shape index (κ2) is 9.38. The first-order valence-electron chi connectivity index (χ1n) is 9.08. The van der Waals surface area contributed by atoms with E-state index >= 15 is 0 Å². The van der Waals surface area contributed by atoms with Gasteiger partial charge in [0.05, 0.1) is 25.5 Å². The van der Waals surface area contributed by atoms with Crippen molar-refractivity contribution in [2.75, 3.05) is 39.8 Å². The molecule has 0 saturated carbocycles. The van der Waals surface area contributed by atoms with Crippen molar-refractivity contribution in [3.8, 4) is 5.75 Å². The Kier molecular flexibility index (Phi) is 6.67. The number of nitrogens with zero attached hydrogens (tertiary/aromatic N) is 2. The van der Waals surface area contributed by atoms with Crippen molar-refractivity contribution in [2.24, 2.45) is 0 Å². The number of para-hydroxylation sites is 1. The summed E-state index contributed by atoms with van der Waals surface area (Å²) >= 11 is 0. The lowest BCUT2D eigenvalue weighted by Gasteiger charge is -2.34. The van der Waals surface area contributed by atoms with E-state index < -0.39 is 5.97 Å². The number of carbonyl (C=O) groups is 2. The number of rotatable bonds is 8. The van der Waals surface area contributed by atoms with Gasteiger partial charge in [-0.15, -0.1) is 0 Å². The molecule has 1 N–H and O–H groups in total. The second-order valence-electron chi connectivity index (χ2n) is 6.71. The predicted molar refractivity (Wildman–Crippen MR) is 100 cm³/mol. The van der Waals surface area contributed by atoms with Gasteiger partial charge in [-0.3, -0.25) is 14.5 Å². The van der Waals surface area contributed by atoms with Crippen LogP contribution in [0.3, 0.4) is 0 Å². The second-order valence-corrected chi connectivity index (χ2v) is 6.71. The number of hydrogen-bond donors (Lipinski definition) is 1. The summed E-state index contributed by atoms with van der Waals surface area (Å²) in [5.74, 6) is -0.138. The van der Waals surface area contributed by atoms with Gasteiger partial charge in [0.1, 0.15) is 12.4 Å². The average Bonchev–Trinajstić information content (AvgIpc) is 3.14. The molecule has 2 heterocycles. The summed E-state index contributed by atoms with van der Waals surface area (Å²) in [4.78, 5) is 27.1. The van der Waals surface area contributed by atoms with Gasteiger partial charge in [0.2, 0.25) is 0 Å². The number of hydrogen-bond acceptors (Lipinski definition) is 6. The highest BCUT2D eigenvalue weighted by Crippen LogP contribution is 2.19. The van der Waals surface area contributed by atoms with Crippen LogP contribution in [0.4, 0.5) is 0 Å². The summed E-state index contributed by atoms with van der Waals surface area (Å²) in [5, 5.41) is 8.87. The molecule has 1 unspecified atom stereocenters. The fourth-order valence-electron chi connectivity index (χ4n) is 3.12. The molecule has 1 fully saturated rings. The molecular weight excluding hydrogens is 364 g/mol. The largest absolute Gasteiger partial charge is 0.489 e. The zero-order valence-electron chi connectivity index (χ0n) is 15.7. The third-order valence-corrected chi connectivity index (χ3v) is 4.43. The number of morpholine rings is 1. The van der Waals surface area contributed by atoms with Gasteiger partial charge < -0.3 is 23.9 Å². The highest BCUT2D eigenvalue weighted by atomic mass is 16.5. The van der Waals surface area contributed by atoms with Crippen LogP contribution in [0.1, 0.15) is 16.1 Å². The molecule has 1 saturated heterocycles. The topological polar surface area (TPSA) is 92.5 Å². The highest BCUT2D eigenvalue weighted by Gasteiger charge is 2.29. The number of amides is 1. The number of carbonyl (C=O) groups excluding carboxylic acids is 1. The fourth-order valence-corrected chi connectivity index (χ4v) is 3.12. The number of likely N-dealkylation sites (N-methyl/N-ethyl adjacent to an activating group) is 1. The molecule has 28 heavy (non-hydrogen) atoms. The Hall–Kier alpha value is -2.84. The monoisotopic (exact) mass is 388 g/mol. The molecular formula is C20H24N2O6. The molecule has 0 spiro atoms. The van der Waals surface area contributed by atoms with Crippen molar-refractivity contribution in [3.05, 3.63) is 54.0 Å². The minimum Gasteiger partial charge on any atom is -0.489 e. The van der Waals surface area contributed by atoms with E-state index in [9.17, 15) is 9.59 Å². The van der Waals surface area contributed by atoms with Crippen LogP contribution in [-0.4, -0.2) is 72.7 Å². The zero-order valence-corrected chi connectivity index (χ0v) is 15.7. The molecule has 1 amide bonds. The van der Waals surface area contributed by atoms with Gasteiger partial charge in [-0.1, -0.05) is 18.2 Å². The summed E-state index contributed by atoms with van der Waals surface area (Å²) in [6.45, 7) is 1.82. The van der Waals surface area contributed by atoms with E-state index in [1.54, 1.807) is 22.9 Å². The number of ether oxygens (including phenoxy) is 2. The Morgan fingerprint density at radius 2 is 2.07 bits per heavy atom. The molecule has 1 atom stereocenters. The van der Waals surface area contributed by atoms with Crippen molar-refractivity contribution < 1.29 is 28.6 Å². The SMILES string of the molecule is CN(CC(=O)O)CC1CN(C(=O)c2occc2COc2ccccc2)CCO1. The van der Waals surface area contributed by atoms with Crippen LogP contribution in [0.2, 0.25) is 0 Å². The first-order valence-corrected chi connectivity index (χ1v) is 9.08. The van der Waals surface area contributed by atoms with Crippen molar-refractivity contribution in [3.63, 3.8) is 0 Å². The van der Waals surface area contributed by atoms with Crippen LogP contribution in [0.5, 0.6) is 5.75 Å². The lowest BCUT2D eigenvalue weighted by atomic mass is 10.2. The molecule has 0 aliphatic carbocycles. The van der Waals surface area contributed by atoms with Crippen molar-refractivity contribution in [1.29, 1.82) is 0 Å². The molecule has 1 aliphatic heterocycles. The molecule has 0 bridgehead atoms. The fraction of sp³-hybridized carbons (Fsp3) is 0.400. The normalized spacial score (nSPS) is 16.9. The predicted octanol–water partition coefficient (Wildman–Crippen LogP) is 1.72. The summed E-state index contributed by atoms with van der Waals surface area (Å²) in [7, 11) is 1.71. The Bertz CT molecular complexity index is 791. The maximum Gasteiger partial charge on any atom is 0.317 e. The minimum absolute atomic E-state index is 0.0764. The van der Waals surface area contributed by atoms with E-state index in [2.05, 4.69) is 0 Å². The Morgan fingerprint density at radius 3 is 2.82 bits per heavy atom. The molecule has 8 heteroatoms. The molecule has 1 aromatic carbocycles. The summed E-state index contributed by atoms with van der Waals surface area (Å²) in [6.07, 6.45) is 1.23. The first kappa shape index (κ1) is 19.9. The molecule has 1 aliphatic rings. The molecule has 0 radical (unpaired) electrons. The Morgan fingerprint density at radius 1 is 1.29 bits per heavy atom. The summed E-state index contributed by atoms with van der Waals surface area (Å²) in [6, 6.07) is 11.1. The van der Waals surface area contributed by atoms with Gasteiger partial charge in [-0.25, -0.2) is 0 Å². The quantitative estimate of drug-likeness (QED) is 0.736. The van der Waals surface area contributed by atoms with E-state index in [0.29, 0.717) is 31.8 Å². The number of benzene rings is 1. The van der Waals surface area contributed by atoms with Gasteiger partial charge in [-0.05, 0) is 25.2 Å². The van der Waals surface area contributed by atoms with Gasteiger partial charge in [-0.2, -0.15) is 0 Å². The van der Waals surface area contributed by atoms with Crippen LogP contribution in [0.15, 0.2) is 47.1 Å². The van der Waals surface area contributed by atoms with E-state index in [4.69, 9.17) is 19.0 Å². The number of carboxylic acid groups (broad SMARTS) is 1. The van der Waals surface area contributed by atoms with Gasteiger partial charge in [0.25, 0.3) is 5.91 Å². The molecule has 3 rings (SSSR count). The highest BCUT2D eigenvalue weighted by molar-refractivity contribution is 5.93. The lowest BCUT2D eigenvalue weighted by Crippen LogP contribution is -2.49. The van der Waals surface area contributed by atoms with Crippen LogP contribution in [0, 0.1) is 0 Å². The van der Waals surface area contributed by atoms with E-state index in [1.807, 2.05) is 30.3 Å². The zero-order chi connectivity index (χ0) is 19.9. The third kappa shape index (κ3) is 5.34. The van der Waals surface area contributed by atoms with Crippen LogP contribution in [-0.2, 0) is 16.1 Å². The number of furan rings is 1. The van der Waals surface area contributed by atoms with E-state index in [0.717, 1.165) is 5.75 Å². The van der Waals surface area contributed by atoms with Crippen molar-refractivity contribution in [2.45, 2.75) is 12.7 Å². The minimum atomic E-state index is -0.898. The maximum absolute atomic E-state index is 12.9. The van der Waals surface area contributed by atoms with E-state index in [1.165, 1.54) is 6.26 Å². The maximum atomic E-state index is 12.9. The van der Waals surface area contributed by atoms with Crippen LogP contribution < -0.4 is 4.74 Å². The van der Waals surface area contributed by atoms with Crippen LogP contribution in [0.25, 0.3) is 0 Å². The molecule has 1 aromatic heterocycles.